The molecule has 1 heterocycles. The van der Waals surface area contributed by atoms with Crippen LogP contribution in [0.3, 0.4) is 0 Å². The van der Waals surface area contributed by atoms with E-state index in [9.17, 15) is 0 Å². The van der Waals surface area contributed by atoms with Crippen molar-refractivity contribution in [1.82, 2.24) is 0 Å². The van der Waals surface area contributed by atoms with Gasteiger partial charge in [-0.25, -0.2) is 0 Å². The maximum atomic E-state index is 2.56. The summed E-state index contributed by atoms with van der Waals surface area (Å²) in [6.45, 7) is 12.5. The molecule has 0 amide bonds. The Morgan fingerprint density at radius 3 is 2.10 bits per heavy atom. The first-order valence-corrected chi connectivity index (χ1v) is 13.9. The molecule has 0 aliphatic carbocycles. The topological polar surface area (TPSA) is 0 Å². The van der Waals surface area contributed by atoms with Gasteiger partial charge in [0.25, 0.3) is 0 Å². The van der Waals surface area contributed by atoms with Crippen LogP contribution in [0.25, 0.3) is 11.1 Å². The molecule has 1 aliphatic heterocycles. The standard InChI is InChI=1S/C18H24Si2/c1-14-10-11-16-15-8-6-7-9-17(15)19(2,3)13-20(4,5)18(16)12-14/h6-12H,13H2,1-5H3. The van der Waals surface area contributed by atoms with Gasteiger partial charge in [-0.15, -0.1) is 0 Å². The second kappa shape index (κ2) is 4.44. The van der Waals surface area contributed by atoms with E-state index in [1.165, 1.54) is 22.4 Å². The maximum absolute atomic E-state index is 2.56. The summed E-state index contributed by atoms with van der Waals surface area (Å²) < 4.78 is 0. The molecule has 0 spiro atoms. The van der Waals surface area contributed by atoms with Crippen molar-refractivity contribution in [3.05, 3.63) is 48.0 Å². The Balaban J connectivity index is 2.39. The first kappa shape index (κ1) is 13.8. The molecule has 1 aliphatic rings. The predicted molar refractivity (Wildman–Crippen MR) is 95.7 cm³/mol. The number of rotatable bonds is 0. The lowest BCUT2D eigenvalue weighted by Gasteiger charge is -2.31. The third kappa shape index (κ3) is 2.11. The van der Waals surface area contributed by atoms with Crippen molar-refractivity contribution in [3.63, 3.8) is 0 Å². The van der Waals surface area contributed by atoms with Crippen LogP contribution in [0.15, 0.2) is 42.5 Å². The molecule has 2 aromatic rings. The minimum absolute atomic E-state index is 1.35. The number of benzene rings is 2. The molecule has 0 fully saturated rings. The van der Waals surface area contributed by atoms with Gasteiger partial charge in [0.15, 0.2) is 0 Å². The highest BCUT2D eigenvalue weighted by molar-refractivity contribution is 7.07. The van der Waals surface area contributed by atoms with Crippen molar-refractivity contribution >= 4 is 26.5 Å². The normalized spacial score (nSPS) is 18.9. The van der Waals surface area contributed by atoms with E-state index < -0.39 is 16.1 Å². The van der Waals surface area contributed by atoms with Crippen LogP contribution in [0.2, 0.25) is 31.9 Å². The fourth-order valence-electron chi connectivity index (χ4n) is 4.06. The van der Waals surface area contributed by atoms with Gasteiger partial charge in [0.2, 0.25) is 0 Å². The molecule has 0 saturated carbocycles. The molecule has 0 radical (unpaired) electrons. The van der Waals surface area contributed by atoms with Crippen LogP contribution in [0.5, 0.6) is 0 Å². The molecular weight excluding hydrogens is 272 g/mol. The smallest absolute Gasteiger partial charge is 0.0656 e. The number of hydrogen-bond acceptors (Lipinski definition) is 0. The van der Waals surface area contributed by atoms with Crippen LogP contribution in [-0.4, -0.2) is 16.1 Å². The zero-order valence-corrected chi connectivity index (χ0v) is 15.2. The van der Waals surface area contributed by atoms with Gasteiger partial charge in [-0.05, 0) is 18.1 Å². The minimum Gasteiger partial charge on any atom is -0.0656 e. The van der Waals surface area contributed by atoms with E-state index >= 15 is 0 Å². The molecule has 2 heteroatoms. The number of aryl methyl sites for hydroxylation is 1. The van der Waals surface area contributed by atoms with Crippen molar-refractivity contribution in [2.75, 3.05) is 0 Å². The Hall–Kier alpha value is -1.13. The van der Waals surface area contributed by atoms with Gasteiger partial charge in [-0.2, -0.15) is 0 Å². The van der Waals surface area contributed by atoms with Crippen LogP contribution < -0.4 is 10.4 Å². The van der Waals surface area contributed by atoms with E-state index in [1.807, 2.05) is 0 Å². The van der Waals surface area contributed by atoms with Crippen LogP contribution in [0.4, 0.5) is 0 Å². The second-order valence-electron chi connectivity index (χ2n) is 7.54. The van der Waals surface area contributed by atoms with Crippen molar-refractivity contribution in [2.24, 2.45) is 0 Å². The third-order valence-electron chi connectivity index (χ3n) is 4.73. The molecule has 2 aromatic carbocycles. The molecule has 0 saturated heterocycles. The average molecular weight is 297 g/mol. The van der Waals surface area contributed by atoms with Crippen LogP contribution >= 0.6 is 0 Å². The second-order valence-corrected chi connectivity index (χ2v) is 17.6. The van der Waals surface area contributed by atoms with E-state index in [-0.39, 0.29) is 0 Å². The fraction of sp³-hybridized carbons (Fsp3) is 0.333. The number of fused-ring (bicyclic) bond motifs is 3. The minimum atomic E-state index is -1.36. The molecule has 0 bridgehead atoms. The molecule has 0 unspecified atom stereocenters. The van der Waals surface area contributed by atoms with Gasteiger partial charge in [0.05, 0.1) is 16.1 Å². The van der Waals surface area contributed by atoms with Crippen molar-refractivity contribution in [2.45, 2.75) is 38.8 Å². The first-order chi connectivity index (χ1) is 9.31. The largest absolute Gasteiger partial charge is 0.0792 e. The molecule has 0 atom stereocenters. The van der Waals surface area contributed by atoms with Gasteiger partial charge >= 0.3 is 0 Å². The maximum Gasteiger partial charge on any atom is 0.0792 e. The van der Waals surface area contributed by atoms with Crippen molar-refractivity contribution in [1.29, 1.82) is 0 Å². The lowest BCUT2D eigenvalue weighted by molar-refractivity contribution is 1.48. The molecule has 20 heavy (non-hydrogen) atoms. The van der Waals surface area contributed by atoms with E-state index in [1.54, 1.807) is 10.4 Å². The highest BCUT2D eigenvalue weighted by Gasteiger charge is 2.40. The van der Waals surface area contributed by atoms with Gasteiger partial charge < -0.3 is 0 Å². The lowest BCUT2D eigenvalue weighted by Crippen LogP contribution is -2.51. The molecule has 0 nitrogen and oxygen atoms in total. The SMILES string of the molecule is Cc1ccc2c(c1)[Si](C)(C)C[Si](C)(C)c1ccccc1-2. The molecule has 0 N–H and O–H groups in total. The van der Waals surface area contributed by atoms with Gasteiger partial charge in [-0.1, -0.05) is 90.3 Å². The predicted octanol–water partition coefficient (Wildman–Crippen LogP) is 4.05. The van der Waals surface area contributed by atoms with Crippen LogP contribution in [0, 0.1) is 6.92 Å². The monoisotopic (exact) mass is 296 g/mol. The van der Waals surface area contributed by atoms with E-state index in [0.717, 1.165) is 0 Å². The summed E-state index contributed by atoms with van der Waals surface area (Å²) in [5.41, 5.74) is 5.88. The lowest BCUT2D eigenvalue weighted by atomic mass is 10.0. The quantitative estimate of drug-likeness (QED) is 0.644. The summed E-state index contributed by atoms with van der Waals surface area (Å²) in [5, 5.41) is 3.33. The Bertz CT molecular complexity index is 669. The average Bonchev–Trinajstić information content (AvgIpc) is 2.43. The van der Waals surface area contributed by atoms with Gasteiger partial charge in [-0.3, -0.25) is 0 Å². The Morgan fingerprint density at radius 1 is 0.750 bits per heavy atom. The summed E-state index contributed by atoms with van der Waals surface area (Å²) in [6.07, 6.45) is 0. The summed E-state index contributed by atoms with van der Waals surface area (Å²) in [4.78, 5) is 0. The summed E-state index contributed by atoms with van der Waals surface area (Å²) in [6, 6.07) is 16.3. The van der Waals surface area contributed by atoms with Crippen LogP contribution in [0.1, 0.15) is 5.56 Å². The zero-order valence-electron chi connectivity index (χ0n) is 13.2. The summed E-state index contributed by atoms with van der Waals surface area (Å²) in [7, 11) is -2.71. The summed E-state index contributed by atoms with van der Waals surface area (Å²) >= 11 is 0. The molecular formula is C18H24Si2. The Kier molecular flexibility index (Phi) is 3.07. The Labute approximate surface area is 124 Å². The van der Waals surface area contributed by atoms with Crippen LogP contribution in [-0.2, 0) is 0 Å². The molecule has 0 aromatic heterocycles. The first-order valence-electron chi connectivity index (χ1n) is 7.52. The zero-order chi connectivity index (χ0) is 14.5. The van der Waals surface area contributed by atoms with Crippen molar-refractivity contribution < 1.29 is 0 Å². The third-order valence-corrected chi connectivity index (χ3v) is 15.6. The van der Waals surface area contributed by atoms with Crippen molar-refractivity contribution in [3.8, 4) is 11.1 Å². The van der Waals surface area contributed by atoms with Gasteiger partial charge in [0, 0.05) is 0 Å². The van der Waals surface area contributed by atoms with E-state index in [2.05, 4.69) is 75.6 Å². The Morgan fingerprint density at radius 2 is 1.35 bits per heavy atom. The van der Waals surface area contributed by atoms with E-state index in [0.29, 0.717) is 0 Å². The molecule has 104 valence electrons. The fourth-order valence-corrected chi connectivity index (χ4v) is 17.5. The molecule has 3 rings (SSSR count). The highest BCUT2D eigenvalue weighted by Crippen LogP contribution is 2.31. The number of hydrogen-bond donors (Lipinski definition) is 0. The summed E-state index contributed by atoms with van der Waals surface area (Å²) in [5.74, 6) is 0. The van der Waals surface area contributed by atoms with E-state index in [4.69, 9.17) is 0 Å². The highest BCUT2D eigenvalue weighted by atomic mass is 28.4. The van der Waals surface area contributed by atoms with Gasteiger partial charge in [0.1, 0.15) is 0 Å².